The van der Waals surface area contributed by atoms with Gasteiger partial charge in [-0.05, 0) is 89.1 Å². The van der Waals surface area contributed by atoms with Crippen molar-refractivity contribution in [1.29, 1.82) is 0 Å². The number of hydrogen-bond acceptors (Lipinski definition) is 4. The lowest BCUT2D eigenvalue weighted by molar-refractivity contribution is -0.129. The maximum absolute atomic E-state index is 12.9. The van der Waals surface area contributed by atoms with Crippen LogP contribution < -0.4 is 10.6 Å². The highest BCUT2D eigenvalue weighted by atomic mass is 16.1. The number of H-pyrrole nitrogens is 1. The van der Waals surface area contributed by atoms with Gasteiger partial charge in [-0.25, -0.2) is 0 Å². The zero-order chi connectivity index (χ0) is 33.1. The number of ketones is 2. The summed E-state index contributed by atoms with van der Waals surface area (Å²) in [7, 11) is 0. The minimum Gasteiger partial charge on any atom is -0.361 e. The lowest BCUT2D eigenvalue weighted by Gasteiger charge is -2.32. The van der Waals surface area contributed by atoms with Gasteiger partial charge in [0.05, 0.1) is 12.1 Å². The summed E-state index contributed by atoms with van der Waals surface area (Å²) in [5.74, 6) is 0.542. The molecular formula is C39H57N3O2. The summed E-state index contributed by atoms with van der Waals surface area (Å²) >= 11 is 0. The molecule has 1 aliphatic rings. The van der Waals surface area contributed by atoms with E-state index in [1.807, 2.05) is 59.9 Å². The number of hydrogen-bond donors (Lipinski definition) is 3. The second-order valence-corrected chi connectivity index (χ2v) is 16.5. The van der Waals surface area contributed by atoms with Crippen molar-refractivity contribution < 1.29 is 9.59 Å². The Balaban J connectivity index is 0.000000240. The summed E-state index contributed by atoms with van der Waals surface area (Å²) in [6.45, 7) is 24.6. The first-order valence-corrected chi connectivity index (χ1v) is 16.1. The summed E-state index contributed by atoms with van der Waals surface area (Å²) in [4.78, 5) is 29.0. The molecule has 0 unspecified atom stereocenters. The fraction of sp³-hybridized carbons (Fsp3) is 0.538. The predicted octanol–water partition coefficient (Wildman–Crippen LogP) is 8.47. The topological polar surface area (TPSA) is 74.0 Å². The average Bonchev–Trinajstić information content (AvgIpc) is 3.49. The summed E-state index contributed by atoms with van der Waals surface area (Å²) in [6.07, 6.45) is 6.76. The molecule has 3 N–H and O–H groups in total. The van der Waals surface area contributed by atoms with Gasteiger partial charge in [0.15, 0.2) is 11.6 Å². The third-order valence-electron chi connectivity index (χ3n) is 7.78. The Hall–Kier alpha value is -3.02. The van der Waals surface area contributed by atoms with Crippen LogP contribution in [0.15, 0.2) is 60.8 Å². The molecule has 0 fully saturated rings. The second-order valence-electron chi connectivity index (χ2n) is 16.5. The number of para-hydroxylation sites is 1. The molecule has 2 aromatic carbocycles. The monoisotopic (exact) mass is 599 g/mol. The maximum Gasteiger partial charge on any atom is 0.155 e. The summed E-state index contributed by atoms with van der Waals surface area (Å²) < 4.78 is 0. The lowest BCUT2D eigenvalue weighted by atomic mass is 9.82. The number of aromatic nitrogens is 1. The van der Waals surface area contributed by atoms with E-state index in [9.17, 15) is 9.59 Å². The van der Waals surface area contributed by atoms with Crippen molar-refractivity contribution in [3.63, 3.8) is 0 Å². The highest BCUT2D eigenvalue weighted by molar-refractivity contribution is 5.91. The van der Waals surface area contributed by atoms with E-state index in [0.717, 1.165) is 18.4 Å². The largest absolute Gasteiger partial charge is 0.361 e. The van der Waals surface area contributed by atoms with Crippen LogP contribution in [0.3, 0.4) is 0 Å². The van der Waals surface area contributed by atoms with Gasteiger partial charge < -0.3 is 15.6 Å². The van der Waals surface area contributed by atoms with Gasteiger partial charge >= 0.3 is 0 Å². The normalized spacial score (nSPS) is 15.2. The van der Waals surface area contributed by atoms with Crippen molar-refractivity contribution in [1.82, 2.24) is 15.6 Å². The number of Topliss-reactive ketones (excluding diaryl/α,β-unsaturated/α-hetero) is 2. The molecule has 3 aromatic rings. The quantitative estimate of drug-likeness (QED) is 0.243. The van der Waals surface area contributed by atoms with Crippen LogP contribution >= 0.6 is 0 Å². The molecule has 4 rings (SSSR count). The summed E-state index contributed by atoms with van der Waals surface area (Å²) in [5, 5.41) is 8.23. The Morgan fingerprint density at radius 1 is 0.705 bits per heavy atom. The smallest absolute Gasteiger partial charge is 0.155 e. The van der Waals surface area contributed by atoms with Gasteiger partial charge in [0.1, 0.15) is 0 Å². The molecule has 0 radical (unpaired) electrons. The number of carbonyl (C=O) groups is 2. The molecule has 0 amide bonds. The molecule has 1 aromatic heterocycles. The predicted molar refractivity (Wildman–Crippen MR) is 187 cm³/mol. The number of nitrogens with one attached hydrogen (secondary N) is 3. The van der Waals surface area contributed by atoms with Crippen molar-refractivity contribution in [3.8, 4) is 0 Å². The van der Waals surface area contributed by atoms with E-state index < -0.39 is 0 Å². The van der Waals surface area contributed by atoms with Gasteiger partial charge in [-0.2, -0.15) is 0 Å². The molecule has 1 aliphatic carbocycles. The second kappa shape index (κ2) is 13.5. The molecule has 0 saturated carbocycles. The fourth-order valence-electron chi connectivity index (χ4n) is 5.80. The van der Waals surface area contributed by atoms with Gasteiger partial charge in [-0.15, -0.1) is 0 Å². The van der Waals surface area contributed by atoms with Crippen molar-refractivity contribution >= 4 is 28.0 Å². The molecular weight excluding hydrogens is 542 g/mol. The Morgan fingerprint density at radius 3 is 1.75 bits per heavy atom. The first-order valence-electron chi connectivity index (χ1n) is 16.1. The van der Waals surface area contributed by atoms with E-state index in [2.05, 4.69) is 99.6 Å². The van der Waals surface area contributed by atoms with E-state index in [0.29, 0.717) is 6.42 Å². The first kappa shape index (κ1) is 35.5. The zero-order valence-corrected chi connectivity index (χ0v) is 29.4. The Morgan fingerprint density at radius 2 is 1.20 bits per heavy atom. The molecule has 44 heavy (non-hydrogen) atoms. The highest BCUT2D eigenvalue weighted by Crippen LogP contribution is 2.32. The minimum atomic E-state index is -0.352. The number of carbonyl (C=O) groups excluding carboxylic acids is 2. The molecule has 5 nitrogen and oxygen atoms in total. The Labute approximate surface area is 266 Å². The number of benzene rings is 2. The van der Waals surface area contributed by atoms with Gasteiger partial charge in [-0.1, -0.05) is 90.1 Å². The van der Waals surface area contributed by atoms with E-state index in [-0.39, 0.29) is 45.6 Å². The highest BCUT2D eigenvalue weighted by Gasteiger charge is 2.34. The molecule has 1 heterocycles. The van der Waals surface area contributed by atoms with Crippen LogP contribution in [-0.4, -0.2) is 39.7 Å². The van der Waals surface area contributed by atoms with Gasteiger partial charge in [0, 0.05) is 39.0 Å². The third-order valence-corrected chi connectivity index (χ3v) is 7.78. The Bertz CT molecular complexity index is 1470. The van der Waals surface area contributed by atoms with Crippen LogP contribution in [0.1, 0.15) is 106 Å². The van der Waals surface area contributed by atoms with Crippen LogP contribution in [0.2, 0.25) is 0 Å². The SMILES string of the molecule is CC(C)(C)N[C@@H](Cc1c[nH]c2ccccc12)C(=O)C(C)(C)C.CC(C)(C)N[C@H](CC1=CCc2ccccc21)C(=O)C(C)(C)C. The lowest BCUT2D eigenvalue weighted by Crippen LogP contribution is -2.51. The van der Waals surface area contributed by atoms with Crippen LogP contribution in [0.4, 0.5) is 0 Å². The number of rotatable bonds is 8. The number of allylic oxidation sites excluding steroid dienone is 1. The molecule has 0 saturated heterocycles. The van der Waals surface area contributed by atoms with E-state index >= 15 is 0 Å². The van der Waals surface area contributed by atoms with Crippen LogP contribution in [-0.2, 0) is 22.4 Å². The van der Waals surface area contributed by atoms with Crippen molar-refractivity contribution in [2.24, 2.45) is 10.8 Å². The minimum absolute atomic E-state index is 0.0791. The molecule has 0 spiro atoms. The molecule has 2 atom stereocenters. The number of aromatic amines is 1. The summed E-state index contributed by atoms with van der Waals surface area (Å²) in [5.41, 5.74) is 5.43. The maximum atomic E-state index is 12.9. The molecule has 5 heteroatoms. The van der Waals surface area contributed by atoms with E-state index in [4.69, 9.17) is 0 Å². The first-order chi connectivity index (χ1) is 20.2. The fourth-order valence-corrected chi connectivity index (χ4v) is 5.80. The summed E-state index contributed by atoms with van der Waals surface area (Å²) in [6, 6.07) is 16.4. The van der Waals surface area contributed by atoms with Gasteiger partial charge in [0.2, 0.25) is 0 Å². The zero-order valence-electron chi connectivity index (χ0n) is 29.4. The molecule has 240 valence electrons. The van der Waals surface area contributed by atoms with Crippen LogP contribution in [0.5, 0.6) is 0 Å². The molecule has 0 aliphatic heterocycles. The van der Waals surface area contributed by atoms with Crippen LogP contribution in [0.25, 0.3) is 16.5 Å². The van der Waals surface area contributed by atoms with Crippen molar-refractivity contribution in [3.05, 3.63) is 77.5 Å². The van der Waals surface area contributed by atoms with E-state index in [1.54, 1.807) is 0 Å². The van der Waals surface area contributed by atoms with E-state index in [1.165, 1.54) is 27.6 Å². The van der Waals surface area contributed by atoms with Gasteiger partial charge in [-0.3, -0.25) is 9.59 Å². The van der Waals surface area contributed by atoms with Crippen LogP contribution in [0, 0.1) is 10.8 Å². The number of fused-ring (bicyclic) bond motifs is 2. The average molecular weight is 600 g/mol. The van der Waals surface area contributed by atoms with Crippen molar-refractivity contribution in [2.75, 3.05) is 0 Å². The molecule has 0 bridgehead atoms. The standard InChI is InChI=1S/C20H29NO.C19H28N2O/c1-19(2,3)18(22)17(21-20(4,5)6)13-15-12-11-14-9-7-8-10-16(14)15;1-18(2,3)17(22)16(21-19(4,5)6)11-13-12-20-15-10-8-7-9-14(13)15/h7-10,12,17,21H,11,13H2,1-6H3;7-10,12,16,20-21H,11H2,1-6H3/t17-;16-/m10/s1. The Kier molecular flexibility index (Phi) is 10.9. The third kappa shape index (κ3) is 10.0. The van der Waals surface area contributed by atoms with Gasteiger partial charge in [0.25, 0.3) is 0 Å². The van der Waals surface area contributed by atoms with Crippen molar-refractivity contribution in [2.45, 2.75) is 126 Å².